The minimum Gasteiger partial charge on any atom is -0.474 e. The van der Waals surface area contributed by atoms with Crippen LogP contribution in [-0.4, -0.2) is 17.6 Å². The fraction of sp³-hybridized carbons (Fsp3) is 0.357. The third-order valence-corrected chi connectivity index (χ3v) is 3.44. The van der Waals surface area contributed by atoms with E-state index >= 15 is 0 Å². The number of ether oxygens (including phenoxy) is 1. The van der Waals surface area contributed by atoms with E-state index < -0.39 is 0 Å². The predicted molar refractivity (Wildman–Crippen MR) is 67.9 cm³/mol. The van der Waals surface area contributed by atoms with Crippen molar-refractivity contribution in [2.75, 3.05) is 6.54 Å². The Morgan fingerprint density at radius 2 is 2.06 bits per heavy atom. The predicted octanol–water partition coefficient (Wildman–Crippen LogP) is 2.35. The molecule has 0 atom stereocenters. The summed E-state index contributed by atoms with van der Waals surface area (Å²) in [6.45, 7) is 0.767. The second-order valence-corrected chi connectivity index (χ2v) is 4.65. The van der Waals surface area contributed by atoms with Crippen LogP contribution in [0.15, 0.2) is 36.5 Å². The first-order valence-electron chi connectivity index (χ1n) is 6.07. The van der Waals surface area contributed by atoms with Crippen molar-refractivity contribution in [3.63, 3.8) is 0 Å². The molecule has 88 valence electrons. The molecule has 2 aromatic rings. The Balaban J connectivity index is 1.81. The molecule has 3 rings (SSSR count). The maximum absolute atomic E-state index is 5.93. The van der Waals surface area contributed by atoms with Crippen molar-refractivity contribution in [3.05, 3.63) is 36.5 Å². The van der Waals surface area contributed by atoms with Gasteiger partial charge in [0.25, 0.3) is 0 Å². The molecule has 17 heavy (non-hydrogen) atoms. The molecule has 1 aliphatic rings. The van der Waals surface area contributed by atoms with Gasteiger partial charge in [0.15, 0.2) is 0 Å². The average molecular weight is 228 g/mol. The molecule has 0 amide bonds. The molecule has 1 aromatic heterocycles. The van der Waals surface area contributed by atoms with Crippen molar-refractivity contribution in [2.24, 2.45) is 11.7 Å². The quantitative estimate of drug-likeness (QED) is 0.877. The molecule has 0 radical (unpaired) electrons. The van der Waals surface area contributed by atoms with Gasteiger partial charge >= 0.3 is 0 Å². The van der Waals surface area contributed by atoms with E-state index in [1.807, 2.05) is 18.2 Å². The van der Waals surface area contributed by atoms with E-state index in [0.717, 1.165) is 30.7 Å². The Kier molecular flexibility index (Phi) is 2.69. The number of nitrogens with zero attached hydrogens (tertiary/aromatic N) is 1. The summed E-state index contributed by atoms with van der Waals surface area (Å²) in [6, 6.07) is 10.2. The highest BCUT2D eigenvalue weighted by molar-refractivity contribution is 5.86. The molecule has 0 unspecified atom stereocenters. The number of pyridine rings is 1. The molecule has 1 saturated carbocycles. The maximum atomic E-state index is 5.93. The molecule has 0 aliphatic heterocycles. The van der Waals surface area contributed by atoms with Crippen LogP contribution in [0.25, 0.3) is 10.8 Å². The summed E-state index contributed by atoms with van der Waals surface area (Å²) < 4.78 is 5.93. The standard InChI is InChI=1S/C14H16N2O/c15-9-10-7-12(8-10)17-14-13-4-2-1-3-11(13)5-6-16-14/h1-6,10,12H,7-9,15H2. The van der Waals surface area contributed by atoms with E-state index in [1.54, 1.807) is 6.20 Å². The van der Waals surface area contributed by atoms with Gasteiger partial charge in [0, 0.05) is 11.6 Å². The molecule has 0 saturated heterocycles. The third-order valence-electron chi connectivity index (χ3n) is 3.44. The third kappa shape index (κ3) is 1.98. The van der Waals surface area contributed by atoms with Crippen LogP contribution in [0.1, 0.15) is 12.8 Å². The maximum Gasteiger partial charge on any atom is 0.221 e. The molecular weight excluding hydrogens is 212 g/mol. The lowest BCUT2D eigenvalue weighted by atomic mass is 9.82. The number of hydrogen-bond acceptors (Lipinski definition) is 3. The van der Waals surface area contributed by atoms with Crippen LogP contribution in [0.2, 0.25) is 0 Å². The van der Waals surface area contributed by atoms with E-state index in [4.69, 9.17) is 10.5 Å². The van der Waals surface area contributed by atoms with Crippen LogP contribution in [0, 0.1) is 5.92 Å². The number of rotatable bonds is 3. The Hall–Kier alpha value is -1.61. The molecule has 3 heteroatoms. The minimum absolute atomic E-state index is 0.293. The molecule has 0 bridgehead atoms. The average Bonchev–Trinajstić information content (AvgIpc) is 2.33. The first-order chi connectivity index (χ1) is 8.36. The second-order valence-electron chi connectivity index (χ2n) is 4.65. The first kappa shape index (κ1) is 10.5. The Morgan fingerprint density at radius 3 is 2.88 bits per heavy atom. The van der Waals surface area contributed by atoms with Gasteiger partial charge in [0.2, 0.25) is 5.88 Å². The Morgan fingerprint density at radius 1 is 1.24 bits per heavy atom. The van der Waals surface area contributed by atoms with E-state index in [0.29, 0.717) is 12.0 Å². The summed E-state index contributed by atoms with van der Waals surface area (Å²) in [7, 11) is 0. The van der Waals surface area contributed by atoms with Crippen LogP contribution in [0.3, 0.4) is 0 Å². The largest absolute Gasteiger partial charge is 0.474 e. The van der Waals surface area contributed by atoms with E-state index in [2.05, 4.69) is 17.1 Å². The molecule has 2 N–H and O–H groups in total. The van der Waals surface area contributed by atoms with Gasteiger partial charge in [-0.2, -0.15) is 0 Å². The summed E-state index contributed by atoms with van der Waals surface area (Å²) in [4.78, 5) is 4.33. The lowest BCUT2D eigenvalue weighted by molar-refractivity contribution is 0.0664. The van der Waals surface area contributed by atoms with E-state index in [1.165, 1.54) is 5.39 Å². The van der Waals surface area contributed by atoms with Crippen molar-refractivity contribution < 1.29 is 4.74 Å². The monoisotopic (exact) mass is 228 g/mol. The highest BCUT2D eigenvalue weighted by Gasteiger charge is 2.30. The zero-order valence-corrected chi connectivity index (χ0v) is 9.67. The van der Waals surface area contributed by atoms with Crippen LogP contribution in [0.5, 0.6) is 5.88 Å². The van der Waals surface area contributed by atoms with Gasteiger partial charge in [0.1, 0.15) is 6.10 Å². The molecule has 0 spiro atoms. The molecule has 1 fully saturated rings. The molecule has 1 heterocycles. The Bertz CT molecular complexity index is 515. The lowest BCUT2D eigenvalue weighted by Crippen LogP contribution is -2.37. The molecule has 1 aliphatic carbocycles. The van der Waals surface area contributed by atoms with Gasteiger partial charge in [-0.05, 0) is 42.8 Å². The second kappa shape index (κ2) is 4.34. The smallest absolute Gasteiger partial charge is 0.221 e. The van der Waals surface area contributed by atoms with E-state index in [9.17, 15) is 0 Å². The normalized spacial score (nSPS) is 23.4. The van der Waals surface area contributed by atoms with Crippen LogP contribution >= 0.6 is 0 Å². The molecular formula is C14H16N2O. The number of hydrogen-bond donors (Lipinski definition) is 1. The van der Waals surface area contributed by atoms with Gasteiger partial charge in [-0.25, -0.2) is 4.98 Å². The minimum atomic E-state index is 0.293. The zero-order valence-electron chi connectivity index (χ0n) is 9.67. The fourth-order valence-electron chi connectivity index (χ4n) is 2.31. The van der Waals surface area contributed by atoms with Crippen molar-refractivity contribution in [2.45, 2.75) is 18.9 Å². The van der Waals surface area contributed by atoms with Crippen molar-refractivity contribution >= 4 is 10.8 Å². The molecule has 3 nitrogen and oxygen atoms in total. The van der Waals surface area contributed by atoms with Crippen molar-refractivity contribution in [1.29, 1.82) is 0 Å². The van der Waals surface area contributed by atoms with Gasteiger partial charge in [-0.3, -0.25) is 0 Å². The van der Waals surface area contributed by atoms with Gasteiger partial charge in [-0.1, -0.05) is 18.2 Å². The summed E-state index contributed by atoms with van der Waals surface area (Å²) in [5.41, 5.74) is 5.61. The highest BCUT2D eigenvalue weighted by atomic mass is 16.5. The number of fused-ring (bicyclic) bond motifs is 1. The van der Waals surface area contributed by atoms with Crippen LogP contribution < -0.4 is 10.5 Å². The summed E-state index contributed by atoms with van der Waals surface area (Å²) >= 11 is 0. The SMILES string of the molecule is NCC1CC(Oc2nccc3ccccc23)C1. The number of aromatic nitrogens is 1. The fourth-order valence-corrected chi connectivity index (χ4v) is 2.31. The molecule has 1 aromatic carbocycles. The van der Waals surface area contributed by atoms with Gasteiger partial charge in [0.05, 0.1) is 0 Å². The van der Waals surface area contributed by atoms with E-state index in [-0.39, 0.29) is 0 Å². The number of benzene rings is 1. The highest BCUT2D eigenvalue weighted by Crippen LogP contribution is 2.32. The first-order valence-corrected chi connectivity index (χ1v) is 6.07. The van der Waals surface area contributed by atoms with Crippen molar-refractivity contribution in [1.82, 2.24) is 4.98 Å². The number of nitrogens with two attached hydrogens (primary N) is 1. The van der Waals surface area contributed by atoms with Gasteiger partial charge in [-0.15, -0.1) is 0 Å². The summed E-state index contributed by atoms with van der Waals surface area (Å²) in [6.07, 6.45) is 4.21. The van der Waals surface area contributed by atoms with Crippen LogP contribution in [-0.2, 0) is 0 Å². The summed E-state index contributed by atoms with van der Waals surface area (Å²) in [5.74, 6) is 1.39. The Labute approximate surface area is 101 Å². The van der Waals surface area contributed by atoms with Gasteiger partial charge < -0.3 is 10.5 Å². The zero-order chi connectivity index (χ0) is 11.7. The van der Waals surface area contributed by atoms with Crippen LogP contribution in [0.4, 0.5) is 0 Å². The van der Waals surface area contributed by atoms with Crippen molar-refractivity contribution in [3.8, 4) is 5.88 Å². The lowest BCUT2D eigenvalue weighted by Gasteiger charge is -2.34. The summed E-state index contributed by atoms with van der Waals surface area (Å²) in [5, 5.41) is 2.26. The topological polar surface area (TPSA) is 48.1 Å².